The van der Waals surface area contributed by atoms with Gasteiger partial charge in [0.05, 0.1) is 5.92 Å². The first-order valence-corrected chi connectivity index (χ1v) is 10.3. The third-order valence-electron chi connectivity index (χ3n) is 4.94. The molecule has 0 radical (unpaired) electrons. The fraction of sp³-hybridized carbons (Fsp3) is 0.500. The highest BCUT2D eigenvalue weighted by molar-refractivity contribution is 5.79. The number of benzene rings is 1. The number of aryl methyl sites for hydroxylation is 1. The fourth-order valence-electron chi connectivity index (χ4n) is 3.38. The highest BCUT2D eigenvalue weighted by Gasteiger charge is 2.28. The van der Waals surface area contributed by atoms with Crippen LogP contribution in [0.3, 0.4) is 0 Å². The van der Waals surface area contributed by atoms with Gasteiger partial charge in [-0.3, -0.25) is 4.79 Å². The first kappa shape index (κ1) is 21.0. The van der Waals surface area contributed by atoms with Gasteiger partial charge in [-0.05, 0) is 45.2 Å². The Morgan fingerprint density at radius 2 is 2.03 bits per heavy atom. The molecule has 1 atom stereocenters. The molecule has 0 spiro atoms. The minimum absolute atomic E-state index is 0.0647. The molecule has 1 fully saturated rings. The minimum atomic E-state index is -0.0647. The fourth-order valence-corrected chi connectivity index (χ4v) is 3.38. The smallest absolute Gasteiger partial charge is 0.263 e. The zero-order chi connectivity index (χ0) is 20.5. The molecule has 3 rings (SSSR count). The van der Waals surface area contributed by atoms with Crippen molar-refractivity contribution in [2.45, 2.75) is 33.1 Å². The maximum Gasteiger partial charge on any atom is 0.263 e. The highest BCUT2D eigenvalue weighted by Crippen LogP contribution is 2.31. The third kappa shape index (κ3) is 6.15. The molecule has 2 heterocycles. The summed E-state index contributed by atoms with van der Waals surface area (Å²) in [5, 5.41) is 3.03. The quantitative estimate of drug-likeness (QED) is 0.653. The second-order valence-corrected chi connectivity index (χ2v) is 7.23. The number of nitrogens with zero attached hydrogens (tertiary/aromatic N) is 3. The lowest BCUT2D eigenvalue weighted by atomic mass is 9.97. The molecular formula is C22H30N4O3. The number of nitrogens with one attached hydrogen (secondary N) is 1. The van der Waals surface area contributed by atoms with Crippen LogP contribution in [0.25, 0.3) is 0 Å². The Hall–Kier alpha value is -2.67. The molecule has 1 aliphatic rings. The molecule has 0 saturated carbocycles. The molecule has 2 aromatic rings. The van der Waals surface area contributed by atoms with Crippen molar-refractivity contribution >= 4 is 11.7 Å². The predicted molar refractivity (Wildman–Crippen MR) is 112 cm³/mol. The second kappa shape index (κ2) is 10.8. The lowest BCUT2D eigenvalue weighted by Crippen LogP contribution is -2.43. The summed E-state index contributed by atoms with van der Waals surface area (Å²) in [6.45, 7) is 7.47. The molecule has 1 amide bonds. The molecular weight excluding hydrogens is 368 g/mol. The van der Waals surface area contributed by atoms with Gasteiger partial charge < -0.3 is 19.7 Å². The predicted octanol–water partition coefficient (Wildman–Crippen LogP) is 3.34. The van der Waals surface area contributed by atoms with E-state index < -0.39 is 0 Å². The summed E-state index contributed by atoms with van der Waals surface area (Å²) >= 11 is 0. The second-order valence-electron chi connectivity index (χ2n) is 7.23. The van der Waals surface area contributed by atoms with E-state index in [1.807, 2.05) is 38.1 Å². The number of amides is 1. The van der Waals surface area contributed by atoms with Crippen LogP contribution < -0.4 is 15.0 Å². The van der Waals surface area contributed by atoms with Crippen LogP contribution in [0.1, 0.15) is 31.7 Å². The van der Waals surface area contributed by atoms with E-state index >= 15 is 0 Å². The maximum atomic E-state index is 12.6. The summed E-state index contributed by atoms with van der Waals surface area (Å²) < 4.78 is 11.3. The summed E-state index contributed by atoms with van der Waals surface area (Å²) in [7, 11) is 0. The number of aromatic nitrogens is 2. The molecule has 0 bridgehead atoms. The summed E-state index contributed by atoms with van der Waals surface area (Å²) in [6.07, 6.45) is 5.92. The van der Waals surface area contributed by atoms with Gasteiger partial charge in [0.15, 0.2) is 5.82 Å². The normalized spacial score (nSPS) is 16.5. The summed E-state index contributed by atoms with van der Waals surface area (Å²) in [5.74, 6) is 1.90. The highest BCUT2D eigenvalue weighted by atomic mass is 16.5. The van der Waals surface area contributed by atoms with E-state index in [0.717, 1.165) is 31.6 Å². The van der Waals surface area contributed by atoms with Crippen molar-refractivity contribution in [3.8, 4) is 11.6 Å². The molecule has 29 heavy (non-hydrogen) atoms. The van der Waals surface area contributed by atoms with Crippen LogP contribution in [0.2, 0.25) is 0 Å². The van der Waals surface area contributed by atoms with Crippen molar-refractivity contribution in [1.82, 2.24) is 15.3 Å². The maximum absolute atomic E-state index is 12.6. The van der Waals surface area contributed by atoms with Crippen molar-refractivity contribution in [2.24, 2.45) is 5.92 Å². The van der Waals surface area contributed by atoms with Crippen molar-refractivity contribution in [1.29, 1.82) is 0 Å². The molecule has 1 aliphatic heterocycles. The van der Waals surface area contributed by atoms with Crippen LogP contribution in [0.15, 0.2) is 36.7 Å². The van der Waals surface area contributed by atoms with Crippen LogP contribution in [0, 0.1) is 12.8 Å². The van der Waals surface area contributed by atoms with Crippen LogP contribution in [0.5, 0.6) is 11.6 Å². The largest absolute Gasteiger partial charge is 0.436 e. The Balaban J connectivity index is 1.61. The minimum Gasteiger partial charge on any atom is -0.436 e. The first-order valence-electron chi connectivity index (χ1n) is 10.3. The monoisotopic (exact) mass is 398 g/mol. The number of ether oxygens (including phenoxy) is 2. The molecule has 1 aromatic heterocycles. The van der Waals surface area contributed by atoms with Crippen LogP contribution in [-0.4, -0.2) is 48.7 Å². The number of carbonyl (C=O) groups excluding carboxylic acids is 1. The Bertz CT molecular complexity index is 782. The third-order valence-corrected chi connectivity index (χ3v) is 4.94. The summed E-state index contributed by atoms with van der Waals surface area (Å²) in [6, 6.07) is 7.83. The van der Waals surface area contributed by atoms with Crippen molar-refractivity contribution < 1.29 is 14.3 Å². The average molecular weight is 399 g/mol. The van der Waals surface area contributed by atoms with Crippen molar-refractivity contribution in [3.63, 3.8) is 0 Å². The topological polar surface area (TPSA) is 76.6 Å². The van der Waals surface area contributed by atoms with Crippen molar-refractivity contribution in [3.05, 3.63) is 42.2 Å². The zero-order valence-corrected chi connectivity index (χ0v) is 17.3. The van der Waals surface area contributed by atoms with E-state index in [1.54, 1.807) is 12.4 Å². The van der Waals surface area contributed by atoms with E-state index in [1.165, 1.54) is 5.56 Å². The lowest BCUT2D eigenvalue weighted by Gasteiger charge is -2.33. The number of hydrogen-bond acceptors (Lipinski definition) is 6. The molecule has 7 nitrogen and oxygen atoms in total. The number of piperidine rings is 1. The number of hydrogen-bond donors (Lipinski definition) is 1. The summed E-state index contributed by atoms with van der Waals surface area (Å²) in [4.78, 5) is 23.5. The molecule has 1 saturated heterocycles. The number of rotatable bonds is 9. The van der Waals surface area contributed by atoms with Gasteiger partial charge in [-0.2, -0.15) is 0 Å². The van der Waals surface area contributed by atoms with Gasteiger partial charge in [0.25, 0.3) is 5.88 Å². The molecule has 156 valence electrons. The first-order chi connectivity index (χ1) is 14.2. The molecule has 7 heteroatoms. The SMILES string of the molecule is CCOCCCNC(=O)[C@@H]1CCCN(c2nccnc2Oc2ccc(C)cc2)C1. The Morgan fingerprint density at radius 1 is 1.24 bits per heavy atom. The van der Waals surface area contributed by atoms with Gasteiger partial charge in [0, 0.05) is 45.2 Å². The van der Waals surface area contributed by atoms with E-state index in [0.29, 0.717) is 38.0 Å². The Morgan fingerprint density at radius 3 is 2.83 bits per heavy atom. The van der Waals surface area contributed by atoms with E-state index in [4.69, 9.17) is 9.47 Å². The van der Waals surface area contributed by atoms with Gasteiger partial charge in [-0.1, -0.05) is 17.7 Å². The van der Waals surface area contributed by atoms with Gasteiger partial charge >= 0.3 is 0 Å². The van der Waals surface area contributed by atoms with E-state index in [9.17, 15) is 4.79 Å². The van der Waals surface area contributed by atoms with Gasteiger partial charge in [-0.25, -0.2) is 9.97 Å². The van der Waals surface area contributed by atoms with E-state index in [-0.39, 0.29) is 11.8 Å². The molecule has 1 aromatic carbocycles. The van der Waals surface area contributed by atoms with Crippen molar-refractivity contribution in [2.75, 3.05) is 37.7 Å². The zero-order valence-electron chi connectivity index (χ0n) is 17.3. The van der Waals surface area contributed by atoms with Gasteiger partial charge in [-0.15, -0.1) is 0 Å². The summed E-state index contributed by atoms with van der Waals surface area (Å²) in [5.41, 5.74) is 1.17. The molecule has 0 aliphatic carbocycles. The van der Waals surface area contributed by atoms with Crippen LogP contribution in [0.4, 0.5) is 5.82 Å². The Kier molecular flexibility index (Phi) is 7.81. The standard InChI is InChI=1S/C22H30N4O3/c1-3-28-15-5-11-24-21(27)18-6-4-14-26(16-18)20-22(25-13-12-23-20)29-19-9-7-17(2)8-10-19/h7-10,12-13,18H,3-6,11,14-16H2,1-2H3,(H,24,27)/t18-/m1/s1. The Labute approximate surface area is 172 Å². The van der Waals surface area contributed by atoms with Crippen LogP contribution >= 0.6 is 0 Å². The van der Waals surface area contributed by atoms with Gasteiger partial charge in [0.2, 0.25) is 5.91 Å². The molecule has 0 unspecified atom stereocenters. The average Bonchev–Trinajstić information content (AvgIpc) is 2.75. The number of anilines is 1. The number of carbonyl (C=O) groups is 1. The lowest BCUT2D eigenvalue weighted by molar-refractivity contribution is -0.125. The van der Waals surface area contributed by atoms with Gasteiger partial charge in [0.1, 0.15) is 5.75 Å². The van der Waals surface area contributed by atoms with Crippen LogP contribution in [-0.2, 0) is 9.53 Å². The molecule has 1 N–H and O–H groups in total. The van der Waals surface area contributed by atoms with E-state index in [2.05, 4.69) is 20.2 Å².